The number of aromatic nitrogens is 1. The van der Waals surface area contributed by atoms with E-state index in [4.69, 9.17) is 14.2 Å². The molecule has 4 rings (SSSR count). The van der Waals surface area contributed by atoms with E-state index in [2.05, 4.69) is 22.3 Å². The fourth-order valence-electron chi connectivity index (χ4n) is 5.84. The third-order valence-corrected chi connectivity index (χ3v) is 8.08. The summed E-state index contributed by atoms with van der Waals surface area (Å²) in [4.78, 5) is 28.7. The summed E-state index contributed by atoms with van der Waals surface area (Å²) < 4.78 is 18.1. The standard InChI is InChI=1S/C31H45N3O5/c1-33-14-12-23(19-29(33)35)27-11-13-32-20-28(27)31(36)34(26-9-10-26)21-25-18-22(7-5-15-37-2)17-24(30(25)39-4)8-6-16-38-3/h12,14,17-19,26-28,32H,5-11,13,15-16,20-21H2,1-4H3/t27-,28+/m1/s1. The molecular formula is C31H45N3O5. The van der Waals surface area contributed by atoms with Gasteiger partial charge in [-0.15, -0.1) is 0 Å². The average Bonchev–Trinajstić information content (AvgIpc) is 3.78. The van der Waals surface area contributed by atoms with Crippen LogP contribution in [0.1, 0.15) is 60.3 Å². The number of carbonyl (C=O) groups excluding carboxylic acids is 1. The molecule has 2 fully saturated rings. The molecule has 2 atom stereocenters. The Balaban J connectivity index is 1.62. The molecule has 1 saturated carbocycles. The molecule has 0 unspecified atom stereocenters. The van der Waals surface area contributed by atoms with Crippen molar-refractivity contribution in [2.45, 2.75) is 63.5 Å². The van der Waals surface area contributed by atoms with Crippen LogP contribution < -0.4 is 15.6 Å². The quantitative estimate of drug-likeness (QED) is 0.371. The lowest BCUT2D eigenvalue weighted by molar-refractivity contribution is -0.138. The highest BCUT2D eigenvalue weighted by Gasteiger charge is 2.40. The van der Waals surface area contributed by atoms with Gasteiger partial charge in [0.25, 0.3) is 5.56 Å². The predicted octanol–water partition coefficient (Wildman–Crippen LogP) is 3.44. The van der Waals surface area contributed by atoms with Crippen molar-refractivity contribution in [1.82, 2.24) is 14.8 Å². The number of piperidine rings is 1. The van der Waals surface area contributed by atoms with E-state index in [1.807, 2.05) is 12.3 Å². The van der Waals surface area contributed by atoms with Crippen LogP contribution in [0.5, 0.6) is 5.75 Å². The number of ether oxygens (including phenoxy) is 3. The fourth-order valence-corrected chi connectivity index (χ4v) is 5.84. The first kappa shape index (κ1) is 29.3. The summed E-state index contributed by atoms with van der Waals surface area (Å²) in [7, 11) is 6.94. The van der Waals surface area contributed by atoms with Crippen LogP contribution in [-0.4, -0.2) is 69.0 Å². The smallest absolute Gasteiger partial charge is 0.250 e. The molecule has 2 aromatic rings. The largest absolute Gasteiger partial charge is 0.496 e. The minimum Gasteiger partial charge on any atom is -0.496 e. The predicted molar refractivity (Wildman–Crippen MR) is 152 cm³/mol. The number of rotatable bonds is 14. The van der Waals surface area contributed by atoms with Gasteiger partial charge in [-0.25, -0.2) is 0 Å². The number of nitrogens with zero attached hydrogens (tertiary/aromatic N) is 2. The minimum absolute atomic E-state index is 0.0285. The van der Waals surface area contributed by atoms with Crippen molar-refractivity contribution < 1.29 is 19.0 Å². The SMILES string of the molecule is COCCCc1cc(CCCOC)c(OC)c(CN(C(=O)[C@H]2CNCC[C@@H]2c2ccn(C)c(=O)c2)C2CC2)c1. The zero-order valence-electron chi connectivity index (χ0n) is 24.0. The average molecular weight is 540 g/mol. The highest BCUT2D eigenvalue weighted by atomic mass is 16.5. The highest BCUT2D eigenvalue weighted by Crippen LogP contribution is 2.37. The molecule has 1 N–H and O–H groups in total. The van der Waals surface area contributed by atoms with Crippen molar-refractivity contribution in [3.8, 4) is 5.75 Å². The molecule has 214 valence electrons. The van der Waals surface area contributed by atoms with E-state index in [1.54, 1.807) is 39.0 Å². The van der Waals surface area contributed by atoms with Crippen LogP contribution in [0, 0.1) is 5.92 Å². The summed E-state index contributed by atoms with van der Waals surface area (Å²) in [5, 5.41) is 3.44. The molecule has 1 aliphatic carbocycles. The van der Waals surface area contributed by atoms with Crippen molar-refractivity contribution in [1.29, 1.82) is 0 Å². The van der Waals surface area contributed by atoms with Crippen molar-refractivity contribution in [3.05, 3.63) is 63.1 Å². The van der Waals surface area contributed by atoms with E-state index in [9.17, 15) is 9.59 Å². The van der Waals surface area contributed by atoms with Gasteiger partial charge in [-0.05, 0) is 80.2 Å². The second-order valence-electron chi connectivity index (χ2n) is 11.0. The van der Waals surface area contributed by atoms with Gasteiger partial charge in [0, 0.05) is 71.4 Å². The molecule has 39 heavy (non-hydrogen) atoms. The van der Waals surface area contributed by atoms with Crippen molar-refractivity contribution in [2.75, 3.05) is 47.6 Å². The van der Waals surface area contributed by atoms with Crippen molar-refractivity contribution >= 4 is 5.91 Å². The molecule has 0 radical (unpaired) electrons. The molecule has 1 aliphatic heterocycles. The Morgan fingerprint density at radius 1 is 1.03 bits per heavy atom. The summed E-state index contributed by atoms with van der Waals surface area (Å²) in [6.07, 6.45) is 8.32. The van der Waals surface area contributed by atoms with E-state index in [0.717, 1.165) is 68.4 Å². The van der Waals surface area contributed by atoms with Crippen LogP contribution in [0.4, 0.5) is 0 Å². The lowest BCUT2D eigenvalue weighted by Gasteiger charge is -2.36. The number of methoxy groups -OCH3 is 3. The molecule has 0 spiro atoms. The Morgan fingerprint density at radius 2 is 1.74 bits per heavy atom. The molecular weight excluding hydrogens is 494 g/mol. The number of aryl methyl sites for hydroxylation is 3. The maximum Gasteiger partial charge on any atom is 0.250 e. The molecule has 8 heteroatoms. The molecule has 2 heterocycles. The first-order valence-electron chi connectivity index (χ1n) is 14.3. The van der Waals surface area contributed by atoms with E-state index >= 15 is 0 Å². The number of pyridine rings is 1. The number of hydrogen-bond acceptors (Lipinski definition) is 6. The first-order valence-corrected chi connectivity index (χ1v) is 14.3. The molecule has 1 amide bonds. The summed E-state index contributed by atoms with van der Waals surface area (Å²) in [6.45, 7) is 3.40. The van der Waals surface area contributed by atoms with Crippen LogP contribution in [0.25, 0.3) is 0 Å². The number of benzene rings is 1. The second kappa shape index (κ2) is 14.1. The van der Waals surface area contributed by atoms with Crippen LogP contribution >= 0.6 is 0 Å². The Bertz CT molecular complexity index is 1160. The Labute approximate surface area is 232 Å². The van der Waals surface area contributed by atoms with Gasteiger partial charge in [-0.2, -0.15) is 0 Å². The molecule has 1 aromatic heterocycles. The Hall–Kier alpha value is -2.68. The fraction of sp³-hybridized carbons (Fsp3) is 0.613. The number of carbonyl (C=O) groups is 1. The normalized spacial score (nSPS) is 19.2. The van der Waals surface area contributed by atoms with Crippen LogP contribution in [0.15, 0.2) is 35.3 Å². The van der Waals surface area contributed by atoms with Gasteiger partial charge in [-0.3, -0.25) is 9.59 Å². The van der Waals surface area contributed by atoms with E-state index < -0.39 is 0 Å². The van der Waals surface area contributed by atoms with Gasteiger partial charge in [0.1, 0.15) is 5.75 Å². The Kier molecular flexibility index (Phi) is 10.6. The van der Waals surface area contributed by atoms with Gasteiger partial charge in [0.2, 0.25) is 5.91 Å². The minimum atomic E-state index is -0.205. The van der Waals surface area contributed by atoms with E-state index in [0.29, 0.717) is 26.3 Å². The third kappa shape index (κ3) is 7.50. The van der Waals surface area contributed by atoms with E-state index in [1.165, 1.54) is 11.1 Å². The lowest BCUT2D eigenvalue weighted by atomic mass is 9.80. The summed E-state index contributed by atoms with van der Waals surface area (Å²) >= 11 is 0. The van der Waals surface area contributed by atoms with Gasteiger partial charge in [-0.1, -0.05) is 12.1 Å². The molecule has 1 saturated heterocycles. The first-order chi connectivity index (χ1) is 19.0. The van der Waals surface area contributed by atoms with Crippen LogP contribution in [-0.2, 0) is 40.7 Å². The van der Waals surface area contributed by atoms with Gasteiger partial charge in [0.05, 0.1) is 13.0 Å². The highest BCUT2D eigenvalue weighted by molar-refractivity contribution is 5.81. The topological polar surface area (TPSA) is 82.0 Å². The Morgan fingerprint density at radius 3 is 2.41 bits per heavy atom. The maximum atomic E-state index is 14.2. The summed E-state index contributed by atoms with van der Waals surface area (Å²) in [5.41, 5.74) is 4.41. The van der Waals surface area contributed by atoms with Crippen molar-refractivity contribution in [2.24, 2.45) is 13.0 Å². The molecule has 1 aromatic carbocycles. The maximum absolute atomic E-state index is 14.2. The van der Waals surface area contributed by atoms with Gasteiger partial charge < -0.3 is 29.0 Å². The number of amides is 1. The zero-order chi connectivity index (χ0) is 27.8. The third-order valence-electron chi connectivity index (χ3n) is 8.08. The zero-order valence-corrected chi connectivity index (χ0v) is 24.0. The second-order valence-corrected chi connectivity index (χ2v) is 11.0. The van der Waals surface area contributed by atoms with Crippen LogP contribution in [0.3, 0.4) is 0 Å². The van der Waals surface area contributed by atoms with E-state index in [-0.39, 0.29) is 29.3 Å². The molecule has 0 bridgehead atoms. The molecule has 2 aliphatic rings. The number of nitrogens with one attached hydrogen (secondary N) is 1. The summed E-state index contributed by atoms with van der Waals surface area (Å²) in [5.74, 6) is 0.873. The van der Waals surface area contributed by atoms with Gasteiger partial charge >= 0.3 is 0 Å². The van der Waals surface area contributed by atoms with Gasteiger partial charge in [0.15, 0.2) is 0 Å². The van der Waals surface area contributed by atoms with Crippen LogP contribution in [0.2, 0.25) is 0 Å². The monoisotopic (exact) mass is 539 g/mol. The summed E-state index contributed by atoms with van der Waals surface area (Å²) in [6, 6.07) is 8.42. The molecule has 8 nitrogen and oxygen atoms in total. The van der Waals surface area contributed by atoms with Crippen molar-refractivity contribution in [3.63, 3.8) is 0 Å². The lowest BCUT2D eigenvalue weighted by Crippen LogP contribution is -2.47. The number of hydrogen-bond donors (Lipinski definition) is 1.